The number of amides is 3. The number of ether oxygens (including phenoxy) is 3. The van der Waals surface area contributed by atoms with Crippen molar-refractivity contribution >= 4 is 52.9 Å². The molecule has 1 unspecified atom stereocenters. The van der Waals surface area contributed by atoms with Gasteiger partial charge in [0.2, 0.25) is 5.91 Å². The summed E-state index contributed by atoms with van der Waals surface area (Å²) < 4.78 is 16.3. The Labute approximate surface area is 309 Å². The van der Waals surface area contributed by atoms with Gasteiger partial charge in [-0.05, 0) is 72.3 Å². The van der Waals surface area contributed by atoms with E-state index in [-0.39, 0.29) is 16.9 Å². The Bertz CT molecular complexity index is 2140. The lowest BCUT2D eigenvalue weighted by atomic mass is 10.1. The Balaban J connectivity index is 1.39. The number of aromatic carboxylic acids is 1. The molecule has 0 fully saturated rings. The summed E-state index contributed by atoms with van der Waals surface area (Å²) in [5, 5.41) is 26.8. The minimum atomic E-state index is -1.33. The summed E-state index contributed by atoms with van der Waals surface area (Å²) in [5.74, 6) is -2.13. The number of phenols is 1. The molecule has 5 aromatic rings. The van der Waals surface area contributed by atoms with Gasteiger partial charge in [0, 0.05) is 33.5 Å². The van der Waals surface area contributed by atoms with Crippen LogP contribution in [0.5, 0.6) is 23.0 Å². The van der Waals surface area contributed by atoms with Crippen LogP contribution in [0.2, 0.25) is 0 Å². The first-order chi connectivity index (χ1) is 25.6. The molecule has 5 rings (SSSR count). The fraction of sp³-hybridized carbons (Fsp3) is 0.100. The van der Waals surface area contributed by atoms with E-state index in [1.54, 1.807) is 91.0 Å². The van der Waals surface area contributed by atoms with Crippen molar-refractivity contribution in [3.8, 4) is 23.0 Å². The Morgan fingerprint density at radius 2 is 1.30 bits per heavy atom. The van der Waals surface area contributed by atoms with E-state index < -0.39 is 34.7 Å². The van der Waals surface area contributed by atoms with Crippen molar-refractivity contribution in [1.82, 2.24) is 5.32 Å². The Hall–Kier alpha value is -6.73. The van der Waals surface area contributed by atoms with Gasteiger partial charge in [0.15, 0.2) is 11.5 Å². The highest BCUT2D eigenvalue weighted by Gasteiger charge is 2.24. The predicted octanol–water partition coefficient (Wildman–Crippen LogP) is 7.00. The van der Waals surface area contributed by atoms with E-state index >= 15 is 0 Å². The summed E-state index contributed by atoms with van der Waals surface area (Å²) in [6.45, 7) is 0. The highest BCUT2D eigenvalue weighted by atomic mass is 32.2. The molecular weight excluding hydrogens is 699 g/mol. The summed E-state index contributed by atoms with van der Waals surface area (Å²) in [6, 6.07) is 31.3. The summed E-state index contributed by atoms with van der Waals surface area (Å²) in [7, 11) is 4.43. The molecule has 0 saturated carbocycles. The molecule has 5 aromatic carbocycles. The van der Waals surface area contributed by atoms with Crippen molar-refractivity contribution in [1.29, 1.82) is 0 Å². The lowest BCUT2D eigenvalue weighted by Crippen LogP contribution is -2.30. The monoisotopic (exact) mass is 733 g/mol. The molecule has 0 aliphatic heterocycles. The second-order valence-corrected chi connectivity index (χ2v) is 12.4. The van der Waals surface area contributed by atoms with Gasteiger partial charge in [0.1, 0.15) is 28.0 Å². The van der Waals surface area contributed by atoms with E-state index in [1.165, 1.54) is 57.4 Å². The maximum atomic E-state index is 13.8. The van der Waals surface area contributed by atoms with E-state index in [1.807, 2.05) is 6.07 Å². The minimum absolute atomic E-state index is 0.0797. The molecule has 5 N–H and O–H groups in total. The number of hydrogen-bond donors (Lipinski definition) is 5. The Morgan fingerprint density at radius 1 is 0.698 bits per heavy atom. The van der Waals surface area contributed by atoms with Crippen molar-refractivity contribution < 1.29 is 43.6 Å². The Kier molecular flexibility index (Phi) is 12.4. The molecule has 0 radical (unpaired) electrons. The van der Waals surface area contributed by atoms with Crippen LogP contribution in [-0.4, -0.2) is 55.2 Å². The van der Waals surface area contributed by atoms with Crippen LogP contribution >= 0.6 is 11.8 Å². The van der Waals surface area contributed by atoms with Crippen molar-refractivity contribution in [2.24, 2.45) is 0 Å². The van der Waals surface area contributed by atoms with Crippen LogP contribution in [-0.2, 0) is 9.59 Å². The van der Waals surface area contributed by atoms with Crippen LogP contribution < -0.4 is 30.2 Å². The molecule has 3 amide bonds. The molecule has 1 atom stereocenters. The standard InChI is InChI=1S/C40H35N3O9S/c1-50-33-23-35(52-3)34(51-2)21-26(33)20-31(43-37(45)25-12-8-5-9-13-25)38(46)41-27-14-17-29(18-15-27)53-36(24-10-6-4-7-11-24)39(47)42-28-16-19-32(44)30(22-28)40(48)49/h4-23,36,44H,1-3H3,(H,41,46)(H,42,47)(H,43,45)(H,48,49)/b31-20-. The zero-order valence-corrected chi connectivity index (χ0v) is 29.6. The van der Waals surface area contributed by atoms with Crippen LogP contribution in [0.4, 0.5) is 11.4 Å². The third kappa shape index (κ3) is 9.54. The molecule has 0 heterocycles. The van der Waals surface area contributed by atoms with E-state index in [9.17, 15) is 29.4 Å². The van der Waals surface area contributed by atoms with Crippen LogP contribution in [0.15, 0.2) is 126 Å². The summed E-state index contributed by atoms with van der Waals surface area (Å²) >= 11 is 1.24. The number of carbonyl (C=O) groups is 4. The van der Waals surface area contributed by atoms with Gasteiger partial charge >= 0.3 is 5.97 Å². The third-order valence-corrected chi connectivity index (χ3v) is 9.03. The molecule has 270 valence electrons. The van der Waals surface area contributed by atoms with Gasteiger partial charge in [-0.3, -0.25) is 14.4 Å². The average Bonchev–Trinajstić information content (AvgIpc) is 3.18. The zero-order chi connectivity index (χ0) is 37.9. The van der Waals surface area contributed by atoms with Crippen LogP contribution in [0, 0.1) is 0 Å². The average molecular weight is 734 g/mol. The summed E-state index contributed by atoms with van der Waals surface area (Å²) in [6.07, 6.45) is 1.47. The van der Waals surface area contributed by atoms with Crippen LogP contribution in [0.1, 0.15) is 37.1 Å². The maximum Gasteiger partial charge on any atom is 0.339 e. The van der Waals surface area contributed by atoms with E-state index in [0.29, 0.717) is 44.5 Å². The number of nitrogens with one attached hydrogen (secondary N) is 3. The molecule has 13 heteroatoms. The summed E-state index contributed by atoms with van der Waals surface area (Å²) in [4.78, 5) is 52.7. The van der Waals surface area contributed by atoms with Gasteiger partial charge in [-0.25, -0.2) is 4.79 Å². The number of carboxylic acid groups (broad SMARTS) is 1. The molecule has 53 heavy (non-hydrogen) atoms. The lowest BCUT2D eigenvalue weighted by molar-refractivity contribution is -0.116. The number of carboxylic acids is 1. The molecule has 0 saturated heterocycles. The van der Waals surface area contributed by atoms with Crippen molar-refractivity contribution in [3.63, 3.8) is 0 Å². The number of methoxy groups -OCH3 is 3. The molecule has 0 aliphatic carbocycles. The number of aromatic hydroxyl groups is 1. The molecular formula is C40H35N3O9S. The van der Waals surface area contributed by atoms with Gasteiger partial charge in [0.05, 0.1) is 21.3 Å². The topological polar surface area (TPSA) is 173 Å². The molecule has 12 nitrogen and oxygen atoms in total. The number of hydrogen-bond acceptors (Lipinski definition) is 9. The molecule has 0 bridgehead atoms. The normalized spacial score (nSPS) is 11.5. The van der Waals surface area contributed by atoms with Crippen LogP contribution in [0.3, 0.4) is 0 Å². The fourth-order valence-corrected chi connectivity index (χ4v) is 6.13. The van der Waals surface area contributed by atoms with Crippen LogP contribution in [0.25, 0.3) is 6.08 Å². The van der Waals surface area contributed by atoms with E-state index in [4.69, 9.17) is 14.2 Å². The lowest BCUT2D eigenvalue weighted by Gasteiger charge is -2.18. The van der Waals surface area contributed by atoms with E-state index in [2.05, 4.69) is 16.0 Å². The van der Waals surface area contributed by atoms with Gasteiger partial charge in [0.25, 0.3) is 11.8 Å². The van der Waals surface area contributed by atoms with Crippen molar-refractivity contribution in [2.75, 3.05) is 32.0 Å². The zero-order valence-electron chi connectivity index (χ0n) is 28.8. The van der Waals surface area contributed by atoms with E-state index in [0.717, 1.165) is 0 Å². The summed E-state index contributed by atoms with van der Waals surface area (Å²) in [5.41, 5.74) is 1.67. The van der Waals surface area contributed by atoms with Crippen molar-refractivity contribution in [3.05, 3.63) is 143 Å². The predicted molar refractivity (Wildman–Crippen MR) is 202 cm³/mol. The first kappa shape index (κ1) is 37.5. The molecule has 0 spiro atoms. The third-order valence-electron chi connectivity index (χ3n) is 7.77. The largest absolute Gasteiger partial charge is 0.507 e. The van der Waals surface area contributed by atoms with Gasteiger partial charge < -0.3 is 40.4 Å². The number of thioether (sulfide) groups is 1. The maximum absolute atomic E-state index is 13.8. The Morgan fingerprint density at radius 3 is 1.92 bits per heavy atom. The quantitative estimate of drug-likeness (QED) is 0.0455. The first-order valence-electron chi connectivity index (χ1n) is 16.0. The SMILES string of the molecule is COc1cc(OC)c(OC)cc1/C=C(\NC(=O)c1ccccc1)C(=O)Nc1ccc(SC(C(=O)Nc2ccc(O)c(C(=O)O)c2)c2ccccc2)cc1. The number of carbonyl (C=O) groups excluding carboxylic acids is 3. The first-order valence-corrected chi connectivity index (χ1v) is 16.9. The van der Waals surface area contributed by atoms with Crippen molar-refractivity contribution in [2.45, 2.75) is 10.1 Å². The van der Waals surface area contributed by atoms with Gasteiger partial charge in [-0.1, -0.05) is 48.5 Å². The smallest absolute Gasteiger partial charge is 0.339 e. The number of rotatable bonds is 14. The van der Waals surface area contributed by atoms with Gasteiger partial charge in [-0.15, -0.1) is 11.8 Å². The molecule has 0 aromatic heterocycles. The highest BCUT2D eigenvalue weighted by Crippen LogP contribution is 2.38. The fourth-order valence-electron chi connectivity index (χ4n) is 5.11. The highest BCUT2D eigenvalue weighted by molar-refractivity contribution is 8.00. The molecule has 0 aliphatic rings. The minimum Gasteiger partial charge on any atom is -0.507 e. The second-order valence-electron chi connectivity index (χ2n) is 11.2. The number of anilines is 2. The number of benzene rings is 5. The van der Waals surface area contributed by atoms with Gasteiger partial charge in [-0.2, -0.15) is 0 Å². The second kappa shape index (κ2) is 17.5.